The summed E-state index contributed by atoms with van der Waals surface area (Å²) in [5, 5.41) is 5.37. The second-order valence-electron chi connectivity index (χ2n) is 10.1. The number of nitrogens with zero attached hydrogens (tertiary/aromatic N) is 1. The summed E-state index contributed by atoms with van der Waals surface area (Å²) in [5.41, 5.74) is 1.17. The van der Waals surface area contributed by atoms with Crippen LogP contribution in [0.4, 0.5) is 0 Å². The summed E-state index contributed by atoms with van der Waals surface area (Å²) in [6.07, 6.45) is 10.3. The van der Waals surface area contributed by atoms with E-state index in [-0.39, 0.29) is 36.9 Å². The fourth-order valence-corrected chi connectivity index (χ4v) is 4.78. The Hall–Kier alpha value is -3.01. The molecule has 0 spiro atoms. The maximum atomic E-state index is 12.5. The van der Waals surface area contributed by atoms with Crippen LogP contribution in [-0.4, -0.2) is 66.1 Å². The first-order valence-electron chi connectivity index (χ1n) is 14.6. The molecule has 40 heavy (non-hydrogen) atoms. The lowest BCUT2D eigenvalue weighted by Crippen LogP contribution is -2.60. The Kier molecular flexibility index (Phi) is 16.6. The van der Waals surface area contributed by atoms with Crippen molar-refractivity contribution >= 4 is 41.1 Å². The Morgan fingerprint density at radius 2 is 1.57 bits per heavy atom. The summed E-state index contributed by atoms with van der Waals surface area (Å²) < 4.78 is 10.6. The molecule has 1 unspecified atom stereocenters. The number of benzene rings is 1. The normalized spacial score (nSPS) is 14.8. The first kappa shape index (κ1) is 33.2. The predicted octanol–water partition coefficient (Wildman–Crippen LogP) is 4.22. The van der Waals surface area contributed by atoms with Gasteiger partial charge in [-0.3, -0.25) is 19.2 Å². The van der Waals surface area contributed by atoms with Crippen LogP contribution in [0.3, 0.4) is 0 Å². The molecular weight excluding hydrogens is 530 g/mol. The highest BCUT2D eigenvalue weighted by atomic mass is 32.1. The Morgan fingerprint density at radius 1 is 0.925 bits per heavy atom. The molecule has 2 rings (SSSR count). The van der Waals surface area contributed by atoms with Gasteiger partial charge in [0.1, 0.15) is 6.04 Å². The molecule has 0 saturated carbocycles. The lowest BCUT2D eigenvalue weighted by molar-refractivity contribution is -0.147. The van der Waals surface area contributed by atoms with Gasteiger partial charge < -0.3 is 25.0 Å². The lowest BCUT2D eigenvalue weighted by atomic mass is 10.1. The number of nitrogens with one attached hydrogen (secondary N) is 2. The minimum atomic E-state index is -0.859. The molecule has 9 nitrogen and oxygen atoms in total. The standard InChI is InChI=1S/C30H45N3O6S/c1-2-3-4-5-6-7-8-12-21-39-28(36)23-25-29(37)31-19-20-33(25)30(40)32-26(34)17-18-27(35)38-22-13-16-24-14-10-9-11-15-24/h9-11,14-15,25H,2-8,12-13,16-23H2,1H3,(H,31,37)(H,32,34,40). The minimum absolute atomic E-state index is 0.0527. The predicted molar refractivity (Wildman–Crippen MR) is 157 cm³/mol. The van der Waals surface area contributed by atoms with E-state index in [1.54, 1.807) is 0 Å². The quantitative estimate of drug-likeness (QED) is 0.152. The number of esters is 2. The molecule has 1 aliphatic rings. The van der Waals surface area contributed by atoms with Crippen LogP contribution in [-0.2, 0) is 35.1 Å². The highest BCUT2D eigenvalue weighted by molar-refractivity contribution is 7.80. The van der Waals surface area contributed by atoms with Crippen molar-refractivity contribution in [2.24, 2.45) is 0 Å². The van der Waals surface area contributed by atoms with Crippen LogP contribution in [0.15, 0.2) is 30.3 Å². The molecule has 10 heteroatoms. The maximum absolute atomic E-state index is 12.5. The van der Waals surface area contributed by atoms with Crippen molar-refractivity contribution in [3.63, 3.8) is 0 Å². The van der Waals surface area contributed by atoms with Crippen LogP contribution < -0.4 is 10.6 Å². The van der Waals surface area contributed by atoms with Gasteiger partial charge in [-0.15, -0.1) is 0 Å². The number of rotatable bonds is 18. The fraction of sp³-hybridized carbons (Fsp3) is 0.633. The zero-order chi connectivity index (χ0) is 29.0. The van der Waals surface area contributed by atoms with Crippen molar-refractivity contribution in [3.8, 4) is 0 Å². The topological polar surface area (TPSA) is 114 Å². The van der Waals surface area contributed by atoms with Gasteiger partial charge in [0.25, 0.3) is 0 Å². The van der Waals surface area contributed by atoms with Crippen LogP contribution in [0.2, 0.25) is 0 Å². The van der Waals surface area contributed by atoms with E-state index in [1.807, 2.05) is 30.3 Å². The molecule has 222 valence electrons. The van der Waals surface area contributed by atoms with Crippen molar-refractivity contribution < 1.29 is 28.7 Å². The molecule has 2 N–H and O–H groups in total. The van der Waals surface area contributed by atoms with E-state index < -0.39 is 23.9 Å². The Morgan fingerprint density at radius 3 is 2.30 bits per heavy atom. The van der Waals surface area contributed by atoms with Gasteiger partial charge >= 0.3 is 11.9 Å². The van der Waals surface area contributed by atoms with E-state index in [4.69, 9.17) is 21.7 Å². The van der Waals surface area contributed by atoms with E-state index in [0.717, 1.165) is 25.7 Å². The van der Waals surface area contributed by atoms with Gasteiger partial charge in [-0.25, -0.2) is 0 Å². The third-order valence-corrected chi connectivity index (χ3v) is 7.07. The fourth-order valence-electron chi connectivity index (χ4n) is 4.45. The van der Waals surface area contributed by atoms with Crippen molar-refractivity contribution in [2.75, 3.05) is 26.3 Å². The molecule has 1 aromatic rings. The molecule has 1 aliphatic heterocycles. The minimum Gasteiger partial charge on any atom is -0.466 e. The SMILES string of the molecule is CCCCCCCCCCOC(=O)CC1C(=O)NCCN1C(=S)NC(=O)CCC(=O)OCCCc1ccccc1. The van der Waals surface area contributed by atoms with Gasteiger partial charge in [-0.05, 0) is 37.0 Å². The average molecular weight is 576 g/mol. The smallest absolute Gasteiger partial charge is 0.308 e. The maximum Gasteiger partial charge on any atom is 0.308 e. The first-order chi connectivity index (χ1) is 19.4. The number of hydrogen-bond donors (Lipinski definition) is 2. The van der Waals surface area contributed by atoms with E-state index in [0.29, 0.717) is 26.1 Å². The third-order valence-electron chi connectivity index (χ3n) is 6.73. The summed E-state index contributed by atoms with van der Waals surface area (Å²) >= 11 is 5.36. The van der Waals surface area contributed by atoms with Crippen LogP contribution in [0.1, 0.15) is 89.5 Å². The van der Waals surface area contributed by atoms with Gasteiger partial charge in [0.15, 0.2) is 5.11 Å². The van der Waals surface area contributed by atoms with Crippen LogP contribution >= 0.6 is 12.2 Å². The monoisotopic (exact) mass is 575 g/mol. The number of piperazine rings is 1. The average Bonchev–Trinajstić information content (AvgIpc) is 2.95. The number of carbonyl (C=O) groups excluding carboxylic acids is 4. The van der Waals surface area contributed by atoms with Gasteiger partial charge in [0, 0.05) is 19.5 Å². The Balaban J connectivity index is 1.64. The van der Waals surface area contributed by atoms with E-state index in [1.165, 1.54) is 42.6 Å². The van der Waals surface area contributed by atoms with Gasteiger partial charge in [0.2, 0.25) is 11.8 Å². The largest absolute Gasteiger partial charge is 0.466 e. The van der Waals surface area contributed by atoms with Crippen molar-refractivity contribution in [1.82, 2.24) is 15.5 Å². The van der Waals surface area contributed by atoms with Crippen LogP contribution in [0, 0.1) is 0 Å². The summed E-state index contributed by atoms with van der Waals surface area (Å²) in [6, 6.07) is 9.06. The summed E-state index contributed by atoms with van der Waals surface area (Å²) in [4.78, 5) is 50.8. The van der Waals surface area contributed by atoms with Gasteiger partial charge in [-0.2, -0.15) is 0 Å². The van der Waals surface area contributed by atoms with Crippen molar-refractivity contribution in [2.45, 2.75) is 96.4 Å². The Labute approximate surface area is 243 Å². The Bertz CT molecular complexity index is 943. The zero-order valence-corrected chi connectivity index (χ0v) is 24.6. The highest BCUT2D eigenvalue weighted by Crippen LogP contribution is 2.12. The van der Waals surface area contributed by atoms with E-state index in [2.05, 4.69) is 17.6 Å². The summed E-state index contributed by atoms with van der Waals surface area (Å²) in [6.45, 7) is 3.50. The van der Waals surface area contributed by atoms with Crippen LogP contribution in [0.25, 0.3) is 0 Å². The second kappa shape index (κ2) is 20.0. The van der Waals surface area contributed by atoms with Gasteiger partial charge in [-0.1, -0.05) is 82.2 Å². The number of thiocarbonyl (C=S) groups is 1. The molecule has 0 aromatic heterocycles. The molecule has 0 aliphatic carbocycles. The number of ether oxygens (including phenoxy) is 2. The third kappa shape index (κ3) is 13.9. The van der Waals surface area contributed by atoms with Crippen molar-refractivity contribution in [3.05, 3.63) is 35.9 Å². The molecule has 1 atom stereocenters. The number of carbonyl (C=O) groups is 4. The van der Waals surface area contributed by atoms with E-state index in [9.17, 15) is 19.2 Å². The second-order valence-corrected chi connectivity index (χ2v) is 10.4. The molecule has 0 bridgehead atoms. The molecule has 1 fully saturated rings. The molecule has 1 saturated heterocycles. The number of hydrogen-bond acceptors (Lipinski definition) is 7. The summed E-state index contributed by atoms with van der Waals surface area (Å²) in [5.74, 6) is -1.72. The van der Waals surface area contributed by atoms with E-state index >= 15 is 0 Å². The molecule has 0 radical (unpaired) electrons. The number of amides is 2. The zero-order valence-electron chi connectivity index (χ0n) is 23.8. The highest BCUT2D eigenvalue weighted by Gasteiger charge is 2.34. The molecule has 1 heterocycles. The van der Waals surface area contributed by atoms with Crippen molar-refractivity contribution in [1.29, 1.82) is 0 Å². The van der Waals surface area contributed by atoms with Gasteiger partial charge in [0.05, 0.1) is 26.1 Å². The lowest BCUT2D eigenvalue weighted by Gasteiger charge is -2.36. The number of aryl methyl sites for hydroxylation is 1. The first-order valence-corrected chi connectivity index (χ1v) is 15.0. The van der Waals surface area contributed by atoms with Crippen LogP contribution in [0.5, 0.6) is 0 Å². The molecule has 1 aromatic carbocycles. The number of unbranched alkanes of at least 4 members (excludes halogenated alkanes) is 7. The summed E-state index contributed by atoms with van der Waals surface area (Å²) in [7, 11) is 0. The molecule has 2 amide bonds. The molecular formula is C30H45N3O6S.